The number of nitrogens with one attached hydrogen (secondary N) is 1. The first-order valence-corrected chi connectivity index (χ1v) is 4.32. The van der Waals surface area contributed by atoms with Crippen molar-refractivity contribution in [1.82, 2.24) is 5.48 Å². The summed E-state index contributed by atoms with van der Waals surface area (Å²) in [4.78, 5) is 5.02. The molecule has 0 amide bonds. The van der Waals surface area contributed by atoms with E-state index in [1.54, 1.807) is 25.2 Å². The number of nitrogens with zero attached hydrogens (tertiary/aromatic N) is 1. The van der Waals surface area contributed by atoms with Gasteiger partial charge in [-0.15, -0.1) is 0 Å². The zero-order chi connectivity index (χ0) is 10.4. The maximum absolute atomic E-state index is 8.83. The van der Waals surface area contributed by atoms with Crippen molar-refractivity contribution in [2.45, 2.75) is 6.92 Å². The average Bonchev–Trinajstić information content (AvgIpc) is 2.21. The second-order valence-corrected chi connectivity index (χ2v) is 2.51. The summed E-state index contributed by atoms with van der Waals surface area (Å²) in [6.07, 6.45) is 0. The molecule has 0 spiro atoms. The largest absolute Gasteiger partial charge is 0.492 e. The molecule has 0 saturated heterocycles. The molecule has 0 aliphatic heterocycles. The second kappa shape index (κ2) is 5.10. The fourth-order valence-corrected chi connectivity index (χ4v) is 1.06. The van der Waals surface area contributed by atoms with E-state index in [4.69, 9.17) is 14.8 Å². The summed E-state index contributed by atoms with van der Waals surface area (Å²) in [5.74, 6) is 1.17. The maximum Gasteiger partial charge on any atom is 0.148 e. The monoisotopic (exact) mass is 192 g/mol. The van der Waals surface area contributed by atoms with Gasteiger partial charge in [0.05, 0.1) is 12.2 Å². The predicted molar refractivity (Wildman–Crippen MR) is 52.0 cm³/mol. The minimum atomic E-state index is 0.472. The summed E-state index contributed by atoms with van der Waals surface area (Å²) in [6, 6.07) is 7.13. The third kappa shape index (κ3) is 2.38. The van der Waals surface area contributed by atoms with Crippen LogP contribution in [0.15, 0.2) is 18.2 Å². The summed E-state index contributed by atoms with van der Waals surface area (Å²) in [6.45, 7) is 2.42. The molecule has 0 aromatic heterocycles. The Balaban J connectivity index is 2.94. The highest BCUT2D eigenvalue weighted by Gasteiger charge is 2.04. The Hall–Kier alpha value is -1.73. The standard InChI is InChI=1S/C10H12N2O2/c1-3-13-10-5-4-9(14-12-2)6-8(10)7-11/h4-6,12H,3H2,1-2H3. The third-order valence-corrected chi connectivity index (χ3v) is 1.59. The molecule has 0 fully saturated rings. The van der Waals surface area contributed by atoms with Gasteiger partial charge in [-0.05, 0) is 19.1 Å². The fraction of sp³-hybridized carbons (Fsp3) is 0.300. The lowest BCUT2D eigenvalue weighted by Crippen LogP contribution is -2.11. The number of benzene rings is 1. The number of rotatable bonds is 4. The molecule has 74 valence electrons. The Morgan fingerprint density at radius 3 is 2.86 bits per heavy atom. The van der Waals surface area contributed by atoms with Gasteiger partial charge in [-0.1, -0.05) is 0 Å². The van der Waals surface area contributed by atoms with Crippen molar-refractivity contribution in [3.8, 4) is 17.6 Å². The lowest BCUT2D eigenvalue weighted by molar-refractivity contribution is 0.223. The molecule has 1 rings (SSSR count). The Bertz CT molecular complexity index is 344. The van der Waals surface area contributed by atoms with Crippen molar-refractivity contribution in [2.75, 3.05) is 13.7 Å². The van der Waals surface area contributed by atoms with Crippen LogP contribution in [0.3, 0.4) is 0 Å². The molecular formula is C10H12N2O2. The molecule has 14 heavy (non-hydrogen) atoms. The Morgan fingerprint density at radius 1 is 1.50 bits per heavy atom. The van der Waals surface area contributed by atoms with Crippen molar-refractivity contribution in [1.29, 1.82) is 5.26 Å². The Labute approximate surface area is 83.0 Å². The molecule has 0 saturated carbocycles. The van der Waals surface area contributed by atoms with E-state index in [2.05, 4.69) is 5.48 Å². The maximum atomic E-state index is 8.83. The summed E-state index contributed by atoms with van der Waals surface area (Å²) in [5.41, 5.74) is 3.01. The highest BCUT2D eigenvalue weighted by Crippen LogP contribution is 2.22. The van der Waals surface area contributed by atoms with Gasteiger partial charge in [-0.2, -0.15) is 10.7 Å². The highest BCUT2D eigenvalue weighted by atomic mass is 16.6. The Kier molecular flexibility index (Phi) is 3.77. The molecule has 0 unspecified atom stereocenters. The molecule has 4 heteroatoms. The first-order valence-electron chi connectivity index (χ1n) is 4.32. The zero-order valence-corrected chi connectivity index (χ0v) is 8.20. The predicted octanol–water partition coefficient (Wildman–Crippen LogP) is 1.47. The molecule has 0 aliphatic rings. The molecule has 0 bridgehead atoms. The van der Waals surface area contributed by atoms with Crippen molar-refractivity contribution >= 4 is 0 Å². The lowest BCUT2D eigenvalue weighted by Gasteiger charge is -2.07. The zero-order valence-electron chi connectivity index (χ0n) is 8.20. The van der Waals surface area contributed by atoms with E-state index in [0.717, 1.165) is 0 Å². The van der Waals surface area contributed by atoms with Gasteiger partial charge in [0.25, 0.3) is 0 Å². The minimum absolute atomic E-state index is 0.472. The quantitative estimate of drug-likeness (QED) is 0.734. The van der Waals surface area contributed by atoms with Gasteiger partial charge in [0.1, 0.15) is 17.6 Å². The molecule has 1 N–H and O–H groups in total. The van der Waals surface area contributed by atoms with E-state index < -0.39 is 0 Å². The van der Waals surface area contributed by atoms with Gasteiger partial charge in [0.2, 0.25) is 0 Å². The molecule has 0 heterocycles. The smallest absolute Gasteiger partial charge is 0.148 e. The summed E-state index contributed by atoms with van der Waals surface area (Å²) < 4.78 is 5.26. The van der Waals surface area contributed by atoms with Gasteiger partial charge < -0.3 is 9.57 Å². The third-order valence-electron chi connectivity index (χ3n) is 1.59. The molecule has 1 aromatic rings. The molecule has 0 atom stereocenters. The van der Waals surface area contributed by atoms with Crippen LogP contribution in [0.4, 0.5) is 0 Å². The first kappa shape index (κ1) is 10.4. The average molecular weight is 192 g/mol. The van der Waals surface area contributed by atoms with E-state index in [1.165, 1.54) is 0 Å². The second-order valence-electron chi connectivity index (χ2n) is 2.51. The van der Waals surface area contributed by atoms with Crippen LogP contribution in [-0.4, -0.2) is 13.7 Å². The van der Waals surface area contributed by atoms with Crippen molar-refractivity contribution in [3.05, 3.63) is 23.8 Å². The molecule has 4 nitrogen and oxygen atoms in total. The van der Waals surface area contributed by atoms with Gasteiger partial charge in [-0.25, -0.2) is 0 Å². The van der Waals surface area contributed by atoms with Crippen LogP contribution in [-0.2, 0) is 0 Å². The van der Waals surface area contributed by atoms with Crippen LogP contribution >= 0.6 is 0 Å². The number of hydroxylamine groups is 1. The molecular weight excluding hydrogens is 180 g/mol. The van der Waals surface area contributed by atoms with Crippen LogP contribution in [0.1, 0.15) is 12.5 Å². The molecule has 1 aromatic carbocycles. The number of ether oxygens (including phenoxy) is 1. The van der Waals surface area contributed by atoms with Gasteiger partial charge >= 0.3 is 0 Å². The Morgan fingerprint density at radius 2 is 2.29 bits per heavy atom. The van der Waals surface area contributed by atoms with Crippen molar-refractivity contribution in [2.24, 2.45) is 0 Å². The van der Waals surface area contributed by atoms with Crippen molar-refractivity contribution < 1.29 is 9.57 Å². The number of hydrogen-bond donors (Lipinski definition) is 1. The number of nitriles is 1. The van der Waals surface area contributed by atoms with E-state index in [1.807, 2.05) is 13.0 Å². The van der Waals surface area contributed by atoms with Gasteiger partial charge in [-0.3, -0.25) is 0 Å². The van der Waals surface area contributed by atoms with Gasteiger partial charge in [0.15, 0.2) is 0 Å². The van der Waals surface area contributed by atoms with Crippen LogP contribution in [0.2, 0.25) is 0 Å². The van der Waals surface area contributed by atoms with Gasteiger partial charge in [0, 0.05) is 13.1 Å². The van der Waals surface area contributed by atoms with Crippen LogP contribution in [0, 0.1) is 11.3 Å². The number of hydrogen-bond acceptors (Lipinski definition) is 4. The fourth-order valence-electron chi connectivity index (χ4n) is 1.06. The topological polar surface area (TPSA) is 54.3 Å². The van der Waals surface area contributed by atoms with E-state index in [9.17, 15) is 0 Å². The van der Waals surface area contributed by atoms with E-state index in [-0.39, 0.29) is 0 Å². The minimum Gasteiger partial charge on any atom is -0.492 e. The van der Waals surface area contributed by atoms with Crippen LogP contribution < -0.4 is 15.1 Å². The first-order chi connectivity index (χ1) is 6.81. The lowest BCUT2D eigenvalue weighted by atomic mass is 10.2. The molecule has 0 radical (unpaired) electrons. The van der Waals surface area contributed by atoms with Crippen LogP contribution in [0.25, 0.3) is 0 Å². The van der Waals surface area contributed by atoms with Crippen LogP contribution in [0.5, 0.6) is 11.5 Å². The normalized spacial score (nSPS) is 9.21. The SMILES string of the molecule is CCOc1ccc(ONC)cc1C#N. The van der Waals surface area contributed by atoms with E-state index in [0.29, 0.717) is 23.7 Å². The summed E-state index contributed by atoms with van der Waals surface area (Å²) >= 11 is 0. The summed E-state index contributed by atoms with van der Waals surface area (Å²) in [7, 11) is 1.66. The van der Waals surface area contributed by atoms with Crippen molar-refractivity contribution in [3.63, 3.8) is 0 Å². The highest BCUT2D eigenvalue weighted by molar-refractivity contribution is 5.47. The molecule has 0 aliphatic carbocycles. The van der Waals surface area contributed by atoms with E-state index >= 15 is 0 Å². The summed E-state index contributed by atoms with van der Waals surface area (Å²) in [5, 5.41) is 8.83.